The van der Waals surface area contributed by atoms with Crippen LogP contribution >= 0.6 is 0 Å². The molecule has 0 radical (unpaired) electrons. The minimum absolute atomic E-state index is 0.153. The second kappa shape index (κ2) is 9.58. The molecule has 35 heavy (non-hydrogen) atoms. The number of carbonyl (C=O) groups is 2. The lowest BCUT2D eigenvalue weighted by Crippen LogP contribution is -2.30. The van der Waals surface area contributed by atoms with Crippen molar-refractivity contribution < 1.29 is 33.3 Å². The molecule has 1 heterocycles. The summed E-state index contributed by atoms with van der Waals surface area (Å²) in [6.07, 6.45) is 0. The fourth-order valence-corrected chi connectivity index (χ4v) is 3.90. The van der Waals surface area contributed by atoms with Crippen LogP contribution in [0.5, 0.6) is 11.5 Å². The number of phenols is 1. The van der Waals surface area contributed by atoms with E-state index in [-0.39, 0.29) is 28.1 Å². The van der Waals surface area contributed by atoms with E-state index in [1.54, 1.807) is 12.1 Å². The smallest absolute Gasteiger partial charge is 0.300 e. The molecule has 0 spiro atoms. The van der Waals surface area contributed by atoms with Crippen LogP contribution in [0.3, 0.4) is 0 Å². The normalized spacial score (nSPS) is 17.3. The molecule has 1 unspecified atom stereocenters. The van der Waals surface area contributed by atoms with Gasteiger partial charge in [-0.15, -0.1) is 0 Å². The standard InChI is InChI=1S/C27H23F2NO5/c1-15(2)14-35-20-9-6-16(7-10-20)25(32)23-24(17-4-3-5-19(31)12-17)30(27(34)26(23)33)22-11-8-18(28)13-21(22)29/h3-13,15,24,31-32H,14H2,1-2H3/b25-23+. The highest BCUT2D eigenvalue weighted by atomic mass is 19.1. The molecule has 0 aromatic heterocycles. The van der Waals surface area contributed by atoms with Crippen LogP contribution in [0.1, 0.15) is 31.0 Å². The number of amides is 1. The molecule has 1 saturated heterocycles. The van der Waals surface area contributed by atoms with Crippen molar-refractivity contribution in [2.75, 3.05) is 11.5 Å². The van der Waals surface area contributed by atoms with Gasteiger partial charge < -0.3 is 14.9 Å². The Morgan fingerprint density at radius 2 is 1.74 bits per heavy atom. The van der Waals surface area contributed by atoms with Gasteiger partial charge in [0, 0.05) is 11.6 Å². The monoisotopic (exact) mass is 479 g/mol. The Kier molecular flexibility index (Phi) is 6.55. The molecule has 1 amide bonds. The van der Waals surface area contributed by atoms with Gasteiger partial charge in [0.15, 0.2) is 0 Å². The average Bonchev–Trinajstić information content (AvgIpc) is 3.08. The fourth-order valence-electron chi connectivity index (χ4n) is 3.90. The molecular formula is C27H23F2NO5. The van der Waals surface area contributed by atoms with Crippen molar-refractivity contribution >= 4 is 23.1 Å². The molecule has 2 N–H and O–H groups in total. The van der Waals surface area contributed by atoms with E-state index in [4.69, 9.17) is 4.74 Å². The topological polar surface area (TPSA) is 87.1 Å². The highest BCUT2D eigenvalue weighted by Gasteiger charge is 2.47. The summed E-state index contributed by atoms with van der Waals surface area (Å²) in [5, 5.41) is 21.1. The Balaban J connectivity index is 1.85. The molecule has 6 nitrogen and oxygen atoms in total. The lowest BCUT2D eigenvalue weighted by atomic mass is 9.95. The molecular weight excluding hydrogens is 456 g/mol. The number of carbonyl (C=O) groups excluding carboxylic acids is 2. The first kappa shape index (κ1) is 23.9. The zero-order valence-corrected chi connectivity index (χ0v) is 19.0. The maximum atomic E-state index is 14.7. The van der Waals surface area contributed by atoms with Gasteiger partial charge in [-0.2, -0.15) is 0 Å². The molecule has 1 aliphatic rings. The number of ketones is 1. The summed E-state index contributed by atoms with van der Waals surface area (Å²) in [5.41, 5.74) is -0.130. The zero-order valence-electron chi connectivity index (χ0n) is 19.0. The van der Waals surface area contributed by atoms with Crippen LogP contribution in [-0.2, 0) is 9.59 Å². The number of aliphatic hydroxyl groups excluding tert-OH is 1. The number of aromatic hydroxyl groups is 1. The highest BCUT2D eigenvalue weighted by molar-refractivity contribution is 6.51. The predicted octanol–water partition coefficient (Wildman–Crippen LogP) is 5.33. The van der Waals surface area contributed by atoms with E-state index in [0.29, 0.717) is 24.3 Å². The van der Waals surface area contributed by atoms with Gasteiger partial charge in [-0.1, -0.05) is 26.0 Å². The van der Waals surface area contributed by atoms with Gasteiger partial charge >= 0.3 is 0 Å². The maximum Gasteiger partial charge on any atom is 0.300 e. The van der Waals surface area contributed by atoms with Crippen molar-refractivity contribution in [3.05, 3.63) is 95.1 Å². The number of Topliss-reactive ketones (excluding diaryl/α,β-unsaturated/α-hetero) is 1. The van der Waals surface area contributed by atoms with Crippen LogP contribution in [0.25, 0.3) is 5.76 Å². The third-order valence-electron chi connectivity index (χ3n) is 5.51. The maximum absolute atomic E-state index is 14.7. The van der Waals surface area contributed by atoms with E-state index in [9.17, 15) is 28.6 Å². The van der Waals surface area contributed by atoms with E-state index >= 15 is 0 Å². The molecule has 3 aromatic rings. The van der Waals surface area contributed by atoms with Crippen molar-refractivity contribution in [1.29, 1.82) is 0 Å². The number of aliphatic hydroxyl groups is 1. The zero-order chi connectivity index (χ0) is 25.3. The molecule has 0 bridgehead atoms. The van der Waals surface area contributed by atoms with E-state index in [1.165, 1.54) is 36.4 Å². The Bertz CT molecular complexity index is 1320. The Hall–Kier alpha value is -4.20. The van der Waals surface area contributed by atoms with E-state index in [2.05, 4.69) is 0 Å². The van der Waals surface area contributed by atoms with Crippen molar-refractivity contribution in [2.24, 2.45) is 5.92 Å². The van der Waals surface area contributed by atoms with Crippen LogP contribution in [0, 0.1) is 17.6 Å². The summed E-state index contributed by atoms with van der Waals surface area (Å²) in [4.78, 5) is 27.0. The van der Waals surface area contributed by atoms with Crippen molar-refractivity contribution in [3.8, 4) is 11.5 Å². The Morgan fingerprint density at radius 1 is 1.03 bits per heavy atom. The summed E-state index contributed by atoms with van der Waals surface area (Å²) in [5.74, 6) is -3.79. The summed E-state index contributed by atoms with van der Waals surface area (Å²) in [6, 6.07) is 13.4. The molecule has 1 fully saturated rings. The van der Waals surface area contributed by atoms with Gasteiger partial charge in [-0.05, 0) is 60.0 Å². The molecule has 1 aliphatic heterocycles. The van der Waals surface area contributed by atoms with Crippen molar-refractivity contribution in [1.82, 2.24) is 0 Å². The van der Waals surface area contributed by atoms with E-state index in [0.717, 1.165) is 17.0 Å². The molecule has 8 heteroatoms. The third kappa shape index (κ3) is 4.73. The minimum atomic E-state index is -1.26. The van der Waals surface area contributed by atoms with Crippen LogP contribution in [0.4, 0.5) is 14.5 Å². The van der Waals surface area contributed by atoms with Crippen LogP contribution in [0.15, 0.2) is 72.3 Å². The van der Waals surface area contributed by atoms with Crippen molar-refractivity contribution in [3.63, 3.8) is 0 Å². The number of hydrogen-bond donors (Lipinski definition) is 2. The lowest BCUT2D eigenvalue weighted by Gasteiger charge is -2.26. The molecule has 0 aliphatic carbocycles. The van der Waals surface area contributed by atoms with Crippen molar-refractivity contribution in [2.45, 2.75) is 19.9 Å². The van der Waals surface area contributed by atoms with E-state index < -0.39 is 35.1 Å². The van der Waals surface area contributed by atoms with Gasteiger partial charge in [0.2, 0.25) is 0 Å². The summed E-state index contributed by atoms with van der Waals surface area (Å²) >= 11 is 0. The summed E-state index contributed by atoms with van der Waals surface area (Å²) in [7, 11) is 0. The molecule has 180 valence electrons. The number of halogens is 2. The Morgan fingerprint density at radius 3 is 2.37 bits per heavy atom. The number of benzene rings is 3. The quantitative estimate of drug-likeness (QED) is 0.283. The first-order valence-electron chi connectivity index (χ1n) is 11.0. The molecule has 1 atom stereocenters. The van der Waals surface area contributed by atoms with Gasteiger partial charge in [0.1, 0.15) is 28.9 Å². The number of ether oxygens (including phenoxy) is 1. The van der Waals surface area contributed by atoms with Crippen LogP contribution in [0.2, 0.25) is 0 Å². The number of hydrogen-bond acceptors (Lipinski definition) is 5. The average molecular weight is 479 g/mol. The van der Waals surface area contributed by atoms with Gasteiger partial charge in [-0.3, -0.25) is 14.5 Å². The SMILES string of the molecule is CC(C)COc1ccc(/C(O)=C2\C(=O)C(=O)N(c3ccc(F)cc3F)C2c2cccc(O)c2)cc1. The number of phenolic OH excluding ortho intramolecular Hbond substituents is 1. The third-order valence-corrected chi connectivity index (χ3v) is 5.51. The fraction of sp³-hybridized carbons (Fsp3) is 0.185. The van der Waals surface area contributed by atoms with Gasteiger partial charge in [0.25, 0.3) is 11.7 Å². The largest absolute Gasteiger partial charge is 0.508 e. The first-order chi connectivity index (χ1) is 16.7. The Labute approximate surface area is 200 Å². The number of anilines is 1. The number of rotatable bonds is 6. The van der Waals surface area contributed by atoms with E-state index in [1.807, 2.05) is 13.8 Å². The van der Waals surface area contributed by atoms with Gasteiger partial charge in [0.05, 0.1) is 23.9 Å². The first-order valence-corrected chi connectivity index (χ1v) is 11.0. The summed E-state index contributed by atoms with van der Waals surface area (Å²) < 4.78 is 33.9. The molecule has 4 rings (SSSR count). The minimum Gasteiger partial charge on any atom is -0.508 e. The van der Waals surface area contributed by atoms with Gasteiger partial charge in [-0.25, -0.2) is 8.78 Å². The second-order valence-electron chi connectivity index (χ2n) is 8.59. The molecule has 3 aromatic carbocycles. The van der Waals surface area contributed by atoms with Crippen LogP contribution < -0.4 is 9.64 Å². The molecule has 0 saturated carbocycles. The number of nitrogens with zero attached hydrogens (tertiary/aromatic N) is 1. The second-order valence-corrected chi connectivity index (χ2v) is 8.59. The summed E-state index contributed by atoms with van der Waals surface area (Å²) in [6.45, 7) is 4.51. The predicted molar refractivity (Wildman–Crippen MR) is 126 cm³/mol. The highest BCUT2D eigenvalue weighted by Crippen LogP contribution is 2.43. The van der Waals surface area contributed by atoms with Crippen LogP contribution in [-0.4, -0.2) is 28.5 Å². The lowest BCUT2D eigenvalue weighted by molar-refractivity contribution is -0.132.